The summed E-state index contributed by atoms with van der Waals surface area (Å²) in [5.41, 5.74) is 2.87. The minimum atomic E-state index is -0.801. The molecule has 1 amide bonds. The summed E-state index contributed by atoms with van der Waals surface area (Å²) < 4.78 is 11.2. The van der Waals surface area contributed by atoms with E-state index in [-0.39, 0.29) is 12.3 Å². The van der Waals surface area contributed by atoms with Gasteiger partial charge in [0, 0.05) is 18.5 Å². The average Bonchev–Trinajstić information content (AvgIpc) is 3.33. The molecule has 35 heavy (non-hydrogen) atoms. The van der Waals surface area contributed by atoms with Crippen LogP contribution in [0.15, 0.2) is 60.0 Å². The predicted octanol–water partition coefficient (Wildman–Crippen LogP) is 5.16. The normalized spacial score (nSPS) is 15.0. The third-order valence-electron chi connectivity index (χ3n) is 6.24. The molecule has 1 unspecified atom stereocenters. The van der Waals surface area contributed by atoms with Gasteiger partial charge in [0.25, 0.3) is 5.91 Å². The highest BCUT2D eigenvalue weighted by atomic mass is 32.1. The van der Waals surface area contributed by atoms with Gasteiger partial charge in [-0.15, -0.1) is 11.3 Å². The summed E-state index contributed by atoms with van der Waals surface area (Å²) in [4.78, 5) is 31.8. The second-order valence-corrected chi connectivity index (χ2v) is 9.70. The van der Waals surface area contributed by atoms with E-state index in [1.807, 2.05) is 47.5 Å². The van der Waals surface area contributed by atoms with E-state index in [1.165, 1.54) is 16.9 Å². The van der Waals surface area contributed by atoms with Crippen molar-refractivity contribution in [3.63, 3.8) is 0 Å². The lowest BCUT2D eigenvalue weighted by atomic mass is 9.90. The van der Waals surface area contributed by atoms with Crippen molar-refractivity contribution in [2.45, 2.75) is 45.6 Å². The number of nitrogens with zero attached hydrogens (tertiary/aromatic N) is 2. The Kier molecular flexibility index (Phi) is 8.53. The van der Waals surface area contributed by atoms with Crippen LogP contribution in [0.2, 0.25) is 0 Å². The molecule has 0 saturated carbocycles. The monoisotopic (exact) mass is 492 g/mol. The number of likely N-dealkylation sites (tertiary alicyclic amines) is 1. The number of hydrogen-bond acceptors (Lipinski definition) is 6. The Morgan fingerprint density at radius 2 is 1.80 bits per heavy atom. The Hall–Kier alpha value is -3.19. The van der Waals surface area contributed by atoms with Crippen molar-refractivity contribution in [3.05, 3.63) is 71.2 Å². The first kappa shape index (κ1) is 24.9. The van der Waals surface area contributed by atoms with E-state index in [0.29, 0.717) is 31.3 Å². The summed E-state index contributed by atoms with van der Waals surface area (Å²) >= 11 is 1.46. The first-order valence-corrected chi connectivity index (χ1v) is 13.1. The van der Waals surface area contributed by atoms with Crippen molar-refractivity contribution in [2.75, 3.05) is 19.7 Å². The predicted molar refractivity (Wildman–Crippen MR) is 137 cm³/mol. The van der Waals surface area contributed by atoms with Crippen LogP contribution < -0.4 is 4.74 Å². The zero-order valence-electron chi connectivity index (χ0n) is 20.3. The van der Waals surface area contributed by atoms with Gasteiger partial charge in [-0.05, 0) is 56.7 Å². The summed E-state index contributed by atoms with van der Waals surface area (Å²) in [6, 6.07) is 18.2. The van der Waals surface area contributed by atoms with Gasteiger partial charge in [-0.2, -0.15) is 0 Å². The van der Waals surface area contributed by atoms with Gasteiger partial charge in [0.1, 0.15) is 10.8 Å². The van der Waals surface area contributed by atoms with Crippen LogP contribution in [0.5, 0.6) is 5.75 Å². The molecule has 7 heteroatoms. The standard InChI is InChI=1S/C28H32N2O4S/c1-3-33-25-12-8-7-11-24(25)27-29-23(19-35-27)18-26(31)34-20(2)28(32)30-15-13-22(14-16-30)17-21-9-5-4-6-10-21/h4-12,19-20,22H,3,13-18H2,1-2H3. The minimum Gasteiger partial charge on any atom is -0.493 e. The number of piperidine rings is 1. The van der Waals surface area contributed by atoms with E-state index in [1.54, 1.807) is 6.92 Å². The summed E-state index contributed by atoms with van der Waals surface area (Å²) in [7, 11) is 0. The quantitative estimate of drug-likeness (QED) is 0.386. The van der Waals surface area contributed by atoms with E-state index in [4.69, 9.17) is 9.47 Å². The van der Waals surface area contributed by atoms with Crippen molar-refractivity contribution >= 4 is 23.2 Å². The fourth-order valence-electron chi connectivity index (χ4n) is 4.44. The van der Waals surface area contributed by atoms with Crippen LogP contribution in [-0.2, 0) is 27.2 Å². The Balaban J connectivity index is 1.26. The molecule has 3 aromatic rings. The first-order valence-electron chi connectivity index (χ1n) is 12.2. The lowest BCUT2D eigenvalue weighted by Crippen LogP contribution is -2.44. The van der Waals surface area contributed by atoms with Crippen LogP contribution in [0, 0.1) is 5.92 Å². The molecule has 1 fully saturated rings. The van der Waals surface area contributed by atoms with Gasteiger partial charge in [0.2, 0.25) is 0 Å². The van der Waals surface area contributed by atoms with Gasteiger partial charge < -0.3 is 14.4 Å². The molecule has 1 atom stereocenters. The molecule has 6 nitrogen and oxygen atoms in total. The van der Waals surface area contributed by atoms with E-state index < -0.39 is 12.1 Å². The SMILES string of the molecule is CCOc1ccccc1-c1nc(CC(=O)OC(C)C(=O)N2CCC(Cc3ccccc3)CC2)cs1. The number of rotatable bonds is 9. The van der Waals surface area contributed by atoms with E-state index in [2.05, 4.69) is 29.2 Å². The number of thiazole rings is 1. The fraction of sp³-hybridized carbons (Fsp3) is 0.393. The molecule has 0 radical (unpaired) electrons. The van der Waals surface area contributed by atoms with Crippen LogP contribution in [0.3, 0.4) is 0 Å². The molecule has 4 rings (SSSR count). The summed E-state index contributed by atoms with van der Waals surface area (Å²) in [5.74, 6) is 0.775. The number of hydrogen-bond donors (Lipinski definition) is 0. The van der Waals surface area contributed by atoms with Crippen LogP contribution in [0.25, 0.3) is 10.6 Å². The molecular weight excluding hydrogens is 460 g/mol. The molecule has 0 spiro atoms. The number of benzene rings is 2. The van der Waals surface area contributed by atoms with E-state index >= 15 is 0 Å². The van der Waals surface area contributed by atoms with E-state index in [0.717, 1.165) is 35.6 Å². The molecule has 2 heterocycles. The molecule has 0 N–H and O–H groups in total. The maximum atomic E-state index is 12.9. The molecular formula is C28H32N2O4S. The molecule has 1 aliphatic heterocycles. The Bertz CT molecular complexity index is 1120. The first-order chi connectivity index (χ1) is 17.0. The molecule has 1 aromatic heterocycles. The van der Waals surface area contributed by atoms with Crippen molar-refractivity contribution < 1.29 is 19.1 Å². The third kappa shape index (κ3) is 6.69. The lowest BCUT2D eigenvalue weighted by molar-refractivity contribution is -0.159. The number of carbonyl (C=O) groups is 2. The van der Waals surface area contributed by atoms with Crippen molar-refractivity contribution in [1.82, 2.24) is 9.88 Å². The van der Waals surface area contributed by atoms with Gasteiger partial charge in [0.15, 0.2) is 6.10 Å². The number of carbonyl (C=O) groups excluding carboxylic acids is 2. The summed E-state index contributed by atoms with van der Waals surface area (Å²) in [6.45, 7) is 5.56. The smallest absolute Gasteiger partial charge is 0.312 e. The summed E-state index contributed by atoms with van der Waals surface area (Å²) in [5, 5.41) is 2.64. The van der Waals surface area contributed by atoms with Crippen molar-refractivity contribution in [3.8, 4) is 16.3 Å². The largest absolute Gasteiger partial charge is 0.493 e. The third-order valence-corrected chi connectivity index (χ3v) is 7.17. The molecule has 1 saturated heterocycles. The van der Waals surface area contributed by atoms with Gasteiger partial charge in [0.05, 0.1) is 24.3 Å². The number of esters is 1. The topological polar surface area (TPSA) is 68.7 Å². The highest BCUT2D eigenvalue weighted by molar-refractivity contribution is 7.13. The second kappa shape index (κ2) is 12.0. The van der Waals surface area contributed by atoms with Gasteiger partial charge in [-0.25, -0.2) is 4.98 Å². The average molecular weight is 493 g/mol. The number of amides is 1. The van der Waals surface area contributed by atoms with Gasteiger partial charge >= 0.3 is 5.97 Å². The number of para-hydroxylation sites is 1. The van der Waals surface area contributed by atoms with Crippen LogP contribution >= 0.6 is 11.3 Å². The number of aromatic nitrogens is 1. The maximum absolute atomic E-state index is 12.9. The zero-order valence-corrected chi connectivity index (χ0v) is 21.1. The van der Waals surface area contributed by atoms with Gasteiger partial charge in [-0.1, -0.05) is 42.5 Å². The van der Waals surface area contributed by atoms with Crippen LogP contribution in [0.1, 0.15) is 37.9 Å². The van der Waals surface area contributed by atoms with Gasteiger partial charge in [-0.3, -0.25) is 9.59 Å². The zero-order chi connectivity index (χ0) is 24.6. The van der Waals surface area contributed by atoms with E-state index in [9.17, 15) is 9.59 Å². The van der Waals surface area contributed by atoms with Crippen LogP contribution in [0.4, 0.5) is 0 Å². The van der Waals surface area contributed by atoms with Crippen molar-refractivity contribution in [2.24, 2.45) is 5.92 Å². The molecule has 184 valence electrons. The molecule has 0 bridgehead atoms. The second-order valence-electron chi connectivity index (χ2n) is 8.84. The highest BCUT2D eigenvalue weighted by Crippen LogP contribution is 2.32. The summed E-state index contributed by atoms with van der Waals surface area (Å²) in [6.07, 6.45) is 2.20. The Morgan fingerprint density at radius 3 is 2.54 bits per heavy atom. The van der Waals surface area contributed by atoms with Crippen molar-refractivity contribution in [1.29, 1.82) is 0 Å². The number of ether oxygens (including phenoxy) is 2. The molecule has 2 aromatic carbocycles. The highest BCUT2D eigenvalue weighted by Gasteiger charge is 2.28. The van der Waals surface area contributed by atoms with Crippen LogP contribution in [-0.4, -0.2) is 47.6 Å². The fourth-order valence-corrected chi connectivity index (χ4v) is 5.28. The Labute approximate surface area is 210 Å². The lowest BCUT2D eigenvalue weighted by Gasteiger charge is -2.33. The Morgan fingerprint density at radius 1 is 1.09 bits per heavy atom. The molecule has 1 aliphatic rings. The maximum Gasteiger partial charge on any atom is 0.312 e. The molecule has 0 aliphatic carbocycles. The minimum absolute atomic E-state index is 0.0318.